The molecule has 0 unspecified atom stereocenters. The second kappa shape index (κ2) is 5.79. The van der Waals surface area contributed by atoms with E-state index < -0.39 is 29.4 Å². The van der Waals surface area contributed by atoms with E-state index in [1.807, 2.05) is 13.8 Å². The average Bonchev–Trinajstić information content (AvgIpc) is 3.25. The Morgan fingerprint density at radius 2 is 1.55 bits per heavy atom. The van der Waals surface area contributed by atoms with Crippen molar-refractivity contribution in [2.45, 2.75) is 25.4 Å². The van der Waals surface area contributed by atoms with Crippen molar-refractivity contribution < 1.29 is 23.9 Å². The van der Waals surface area contributed by atoms with Crippen LogP contribution in [0.3, 0.4) is 0 Å². The molecule has 1 fully saturated rings. The van der Waals surface area contributed by atoms with Gasteiger partial charge in [-0.3, -0.25) is 4.79 Å². The topological polar surface area (TPSA) is 72.7 Å². The van der Waals surface area contributed by atoms with Gasteiger partial charge in [0.15, 0.2) is 0 Å². The zero-order valence-corrected chi connectivity index (χ0v) is 13.0. The minimum atomic E-state index is -1.69. The molecule has 0 N–H and O–H groups in total. The number of hydrogen-bond donors (Lipinski definition) is 0. The van der Waals surface area contributed by atoms with E-state index in [2.05, 4.69) is 0 Å². The van der Waals surface area contributed by atoms with Gasteiger partial charge in [-0.25, -0.2) is 9.59 Å². The van der Waals surface area contributed by atoms with Crippen LogP contribution in [0.5, 0.6) is 0 Å². The smallest absolute Gasteiger partial charge is 0.345 e. The molecule has 1 heterocycles. The lowest BCUT2D eigenvalue weighted by Gasteiger charge is -2.13. The first-order valence-electron chi connectivity index (χ1n) is 6.98. The van der Waals surface area contributed by atoms with Crippen LogP contribution in [0.4, 0.5) is 0 Å². The molecule has 22 heavy (non-hydrogen) atoms. The largest absolute Gasteiger partial charge is 0.467 e. The van der Waals surface area contributed by atoms with Gasteiger partial charge in [0.05, 0.1) is 20.3 Å². The van der Waals surface area contributed by atoms with Gasteiger partial charge in [-0.1, -0.05) is 32.0 Å². The Morgan fingerprint density at radius 1 is 1.05 bits per heavy atom. The van der Waals surface area contributed by atoms with E-state index in [1.54, 1.807) is 30.3 Å². The highest BCUT2D eigenvalue weighted by Gasteiger charge is 2.78. The van der Waals surface area contributed by atoms with Crippen LogP contribution < -0.4 is 0 Å². The molecule has 6 heteroatoms. The Bertz CT molecular complexity index is 580. The molecule has 1 aliphatic heterocycles. The standard InChI is InChI=1S/C16H19NO5/c1-10(2)12-16(14(19)21-3,15(20)22-4)17(12)13(18)11-8-6-5-7-9-11/h5-10,12H,1-4H3/t12-,17?/m1/s1. The molecular weight excluding hydrogens is 286 g/mol. The van der Waals surface area contributed by atoms with Crippen LogP contribution >= 0.6 is 0 Å². The Kier molecular flexibility index (Phi) is 4.21. The molecule has 1 atom stereocenters. The monoisotopic (exact) mass is 305 g/mol. The average molecular weight is 305 g/mol. The van der Waals surface area contributed by atoms with Gasteiger partial charge in [0.25, 0.3) is 11.4 Å². The van der Waals surface area contributed by atoms with E-state index in [9.17, 15) is 14.4 Å². The fourth-order valence-electron chi connectivity index (χ4n) is 2.93. The lowest BCUT2D eigenvalue weighted by molar-refractivity contribution is -0.158. The van der Waals surface area contributed by atoms with E-state index in [1.165, 1.54) is 19.1 Å². The lowest BCUT2D eigenvalue weighted by Crippen LogP contribution is -2.43. The van der Waals surface area contributed by atoms with Crippen molar-refractivity contribution in [3.8, 4) is 0 Å². The predicted octanol–water partition coefficient (Wildman–Crippen LogP) is 1.25. The van der Waals surface area contributed by atoms with Crippen molar-refractivity contribution in [2.75, 3.05) is 14.2 Å². The van der Waals surface area contributed by atoms with E-state index in [0.717, 1.165) is 0 Å². The zero-order chi connectivity index (χ0) is 16.5. The van der Waals surface area contributed by atoms with Crippen LogP contribution in [0, 0.1) is 5.92 Å². The van der Waals surface area contributed by atoms with Gasteiger partial charge in [-0.2, -0.15) is 0 Å². The highest BCUT2D eigenvalue weighted by Crippen LogP contribution is 2.48. The second-order valence-corrected chi connectivity index (χ2v) is 5.48. The Morgan fingerprint density at radius 3 is 1.95 bits per heavy atom. The number of hydrogen-bond acceptors (Lipinski definition) is 5. The summed E-state index contributed by atoms with van der Waals surface area (Å²) in [6, 6.07) is 7.92. The van der Waals surface area contributed by atoms with Gasteiger partial charge < -0.3 is 14.4 Å². The Hall–Kier alpha value is -2.37. The molecule has 6 nitrogen and oxygen atoms in total. The lowest BCUT2D eigenvalue weighted by atomic mass is 9.97. The van der Waals surface area contributed by atoms with Crippen molar-refractivity contribution in [1.29, 1.82) is 0 Å². The molecule has 0 saturated carbocycles. The maximum atomic E-state index is 12.7. The first-order chi connectivity index (χ1) is 10.4. The minimum Gasteiger partial charge on any atom is -0.467 e. The fourth-order valence-corrected chi connectivity index (χ4v) is 2.93. The Labute approximate surface area is 129 Å². The normalized spacial score (nSPS) is 18.8. The molecule has 0 radical (unpaired) electrons. The van der Waals surface area contributed by atoms with Crippen molar-refractivity contribution in [3.63, 3.8) is 0 Å². The van der Waals surface area contributed by atoms with Gasteiger partial charge in [0.2, 0.25) is 0 Å². The maximum Gasteiger partial charge on any atom is 0.345 e. The van der Waals surface area contributed by atoms with Crippen LogP contribution in [0.15, 0.2) is 30.3 Å². The number of carbonyl (C=O) groups excluding carboxylic acids is 3. The first-order valence-corrected chi connectivity index (χ1v) is 6.98. The van der Waals surface area contributed by atoms with Gasteiger partial charge in [0, 0.05) is 5.56 Å². The number of esters is 2. The van der Waals surface area contributed by atoms with Gasteiger partial charge >= 0.3 is 11.9 Å². The van der Waals surface area contributed by atoms with Crippen LogP contribution in [-0.4, -0.2) is 48.5 Å². The molecule has 1 aromatic carbocycles. The third kappa shape index (κ3) is 2.15. The SMILES string of the molecule is COC(=O)C1(C(=O)OC)[C@@H](C(C)C)N1C(=O)c1ccccc1. The van der Waals surface area contributed by atoms with E-state index >= 15 is 0 Å². The number of amides is 1. The summed E-state index contributed by atoms with van der Waals surface area (Å²) in [7, 11) is 2.38. The quantitative estimate of drug-likeness (QED) is 0.475. The fraction of sp³-hybridized carbons (Fsp3) is 0.438. The summed E-state index contributed by atoms with van der Waals surface area (Å²) in [6.07, 6.45) is 0. The van der Waals surface area contributed by atoms with Gasteiger partial charge in [-0.05, 0) is 18.1 Å². The van der Waals surface area contributed by atoms with Crippen molar-refractivity contribution >= 4 is 17.8 Å². The molecular formula is C16H19NO5. The van der Waals surface area contributed by atoms with Crippen molar-refractivity contribution in [3.05, 3.63) is 35.9 Å². The molecule has 118 valence electrons. The van der Waals surface area contributed by atoms with Crippen molar-refractivity contribution in [2.24, 2.45) is 5.92 Å². The molecule has 1 aromatic rings. The minimum absolute atomic E-state index is 0.106. The number of methoxy groups -OCH3 is 2. The summed E-state index contributed by atoms with van der Waals surface area (Å²) < 4.78 is 9.53. The predicted molar refractivity (Wildman–Crippen MR) is 78.0 cm³/mol. The van der Waals surface area contributed by atoms with Crippen LogP contribution in [0.1, 0.15) is 24.2 Å². The third-order valence-corrected chi connectivity index (χ3v) is 3.88. The summed E-state index contributed by atoms with van der Waals surface area (Å²) in [5.41, 5.74) is -1.28. The molecule has 0 aliphatic carbocycles. The zero-order valence-electron chi connectivity index (χ0n) is 13.0. The van der Waals surface area contributed by atoms with E-state index in [0.29, 0.717) is 5.56 Å². The van der Waals surface area contributed by atoms with Gasteiger partial charge in [-0.15, -0.1) is 0 Å². The van der Waals surface area contributed by atoms with Crippen LogP contribution in [0.2, 0.25) is 0 Å². The van der Waals surface area contributed by atoms with E-state index in [-0.39, 0.29) is 5.92 Å². The molecule has 2 rings (SSSR count). The maximum absolute atomic E-state index is 12.7. The van der Waals surface area contributed by atoms with Crippen LogP contribution in [-0.2, 0) is 19.1 Å². The van der Waals surface area contributed by atoms with Gasteiger partial charge in [0.1, 0.15) is 0 Å². The Balaban J connectivity index is 2.47. The summed E-state index contributed by atoms with van der Waals surface area (Å²) in [5.74, 6) is -2.05. The molecule has 1 amide bonds. The number of carbonyl (C=O) groups is 3. The first kappa shape index (κ1) is 16.0. The highest BCUT2D eigenvalue weighted by atomic mass is 16.6. The number of rotatable bonds is 4. The number of ether oxygens (including phenoxy) is 2. The van der Waals surface area contributed by atoms with E-state index in [4.69, 9.17) is 9.47 Å². The third-order valence-electron chi connectivity index (χ3n) is 3.88. The summed E-state index contributed by atoms with van der Waals surface area (Å²) in [4.78, 5) is 38.4. The van der Waals surface area contributed by atoms with Crippen LogP contribution in [0.25, 0.3) is 0 Å². The molecule has 0 aromatic heterocycles. The molecule has 1 aliphatic rings. The number of benzene rings is 1. The van der Waals surface area contributed by atoms with Crippen molar-refractivity contribution in [1.82, 2.24) is 4.90 Å². The molecule has 0 spiro atoms. The number of nitrogens with zero attached hydrogens (tertiary/aromatic N) is 1. The molecule has 1 saturated heterocycles. The summed E-state index contributed by atoms with van der Waals surface area (Å²) >= 11 is 0. The summed E-state index contributed by atoms with van der Waals surface area (Å²) in [5, 5.41) is 0. The highest BCUT2D eigenvalue weighted by molar-refractivity contribution is 6.16. The second-order valence-electron chi connectivity index (χ2n) is 5.48. The summed E-state index contributed by atoms with van der Waals surface area (Å²) in [6.45, 7) is 3.67. The molecule has 0 bridgehead atoms.